The molecule has 8 heteroatoms. The molecule has 1 amide bonds. The van der Waals surface area contributed by atoms with Crippen molar-refractivity contribution >= 4 is 6.09 Å². The first-order valence-electron chi connectivity index (χ1n) is 7.47. The Bertz CT molecular complexity index is 697. The van der Waals surface area contributed by atoms with Crippen LogP contribution in [0.4, 0.5) is 4.79 Å². The van der Waals surface area contributed by atoms with E-state index in [1.807, 2.05) is 41.7 Å². The van der Waals surface area contributed by atoms with E-state index in [-0.39, 0.29) is 0 Å². The van der Waals surface area contributed by atoms with Crippen LogP contribution in [0.1, 0.15) is 38.0 Å². The normalized spacial score (nSPS) is 11.6. The Hall–Kier alpha value is -2.38. The van der Waals surface area contributed by atoms with E-state index in [4.69, 9.17) is 9.26 Å². The van der Waals surface area contributed by atoms with E-state index in [0.717, 1.165) is 17.0 Å². The maximum Gasteiger partial charge on any atom is 0.407 e. The summed E-state index contributed by atoms with van der Waals surface area (Å²) in [6.45, 7) is 9.67. The van der Waals surface area contributed by atoms with E-state index in [1.54, 1.807) is 4.68 Å². The lowest BCUT2D eigenvalue weighted by Crippen LogP contribution is -2.33. The van der Waals surface area contributed by atoms with Crippen molar-refractivity contribution in [2.24, 2.45) is 7.05 Å². The smallest absolute Gasteiger partial charge is 0.407 e. The molecule has 0 fully saturated rings. The van der Waals surface area contributed by atoms with E-state index in [2.05, 4.69) is 20.6 Å². The van der Waals surface area contributed by atoms with Gasteiger partial charge < -0.3 is 14.6 Å². The zero-order valence-corrected chi connectivity index (χ0v) is 14.4. The molecule has 0 saturated heterocycles. The molecule has 1 N–H and O–H groups in total. The fourth-order valence-corrected chi connectivity index (χ4v) is 2.14. The standard InChI is InChI=1S/C15H23N5O3/c1-9-12(10(2)20(6)18-9)13-17-11(23-19-13)7-8-16-14(21)22-15(3,4)5/h7-8H2,1-6H3,(H,16,21). The van der Waals surface area contributed by atoms with Gasteiger partial charge in [0.2, 0.25) is 11.7 Å². The van der Waals surface area contributed by atoms with Gasteiger partial charge in [0.15, 0.2) is 0 Å². The first kappa shape index (κ1) is 17.0. The van der Waals surface area contributed by atoms with Gasteiger partial charge in [-0.1, -0.05) is 5.16 Å². The Kier molecular flexibility index (Phi) is 4.72. The SMILES string of the molecule is Cc1nn(C)c(C)c1-c1noc(CCNC(=O)OC(C)(C)C)n1. The Morgan fingerprint density at radius 3 is 2.61 bits per heavy atom. The zero-order chi connectivity index (χ0) is 17.2. The molecule has 2 aromatic rings. The van der Waals surface area contributed by atoms with E-state index >= 15 is 0 Å². The highest BCUT2D eigenvalue weighted by molar-refractivity contribution is 5.67. The summed E-state index contributed by atoms with van der Waals surface area (Å²) < 4.78 is 12.2. The molecule has 0 bridgehead atoms. The second kappa shape index (κ2) is 6.39. The van der Waals surface area contributed by atoms with Gasteiger partial charge in [0, 0.05) is 25.7 Å². The number of carbonyl (C=O) groups excluding carboxylic acids is 1. The van der Waals surface area contributed by atoms with Crippen LogP contribution in [0.25, 0.3) is 11.4 Å². The molecule has 0 spiro atoms. The zero-order valence-electron chi connectivity index (χ0n) is 14.4. The Labute approximate surface area is 135 Å². The monoisotopic (exact) mass is 321 g/mol. The summed E-state index contributed by atoms with van der Waals surface area (Å²) in [5.74, 6) is 0.971. The predicted octanol–water partition coefficient (Wildman–Crippen LogP) is 2.15. The molecule has 126 valence electrons. The maximum atomic E-state index is 11.6. The van der Waals surface area contributed by atoms with Crippen LogP contribution in [-0.2, 0) is 18.2 Å². The van der Waals surface area contributed by atoms with Crippen LogP contribution < -0.4 is 5.32 Å². The summed E-state index contributed by atoms with van der Waals surface area (Å²) in [6, 6.07) is 0. The molecule has 0 aliphatic rings. The van der Waals surface area contributed by atoms with Crippen molar-refractivity contribution in [3.8, 4) is 11.4 Å². The number of amides is 1. The second-order valence-electron chi connectivity index (χ2n) is 6.36. The predicted molar refractivity (Wildman–Crippen MR) is 83.9 cm³/mol. The minimum Gasteiger partial charge on any atom is -0.444 e. The van der Waals surface area contributed by atoms with Gasteiger partial charge in [0.25, 0.3) is 0 Å². The highest BCUT2D eigenvalue weighted by Gasteiger charge is 2.18. The molecule has 0 saturated carbocycles. The van der Waals surface area contributed by atoms with Crippen LogP contribution in [0.2, 0.25) is 0 Å². The topological polar surface area (TPSA) is 95.1 Å². The molecule has 2 heterocycles. The average Bonchev–Trinajstić information content (AvgIpc) is 2.93. The number of hydrogen-bond donors (Lipinski definition) is 1. The van der Waals surface area contributed by atoms with E-state index < -0.39 is 11.7 Å². The van der Waals surface area contributed by atoms with Gasteiger partial charge in [-0.3, -0.25) is 4.68 Å². The first-order chi connectivity index (χ1) is 10.7. The van der Waals surface area contributed by atoms with Crippen molar-refractivity contribution in [2.45, 2.75) is 46.6 Å². The Morgan fingerprint density at radius 2 is 2.04 bits per heavy atom. The number of aromatic nitrogens is 4. The van der Waals surface area contributed by atoms with Crippen molar-refractivity contribution in [1.82, 2.24) is 25.2 Å². The number of hydrogen-bond acceptors (Lipinski definition) is 6. The Morgan fingerprint density at radius 1 is 1.35 bits per heavy atom. The van der Waals surface area contributed by atoms with Crippen molar-refractivity contribution in [3.63, 3.8) is 0 Å². The number of alkyl carbamates (subject to hydrolysis) is 1. The van der Waals surface area contributed by atoms with Gasteiger partial charge in [0.05, 0.1) is 11.3 Å². The van der Waals surface area contributed by atoms with Gasteiger partial charge in [-0.2, -0.15) is 10.1 Å². The van der Waals surface area contributed by atoms with Crippen LogP contribution in [0.3, 0.4) is 0 Å². The van der Waals surface area contributed by atoms with Gasteiger partial charge in [-0.05, 0) is 34.6 Å². The lowest BCUT2D eigenvalue weighted by molar-refractivity contribution is 0.0527. The third kappa shape index (κ3) is 4.30. The molecule has 0 unspecified atom stereocenters. The molecular formula is C15H23N5O3. The van der Waals surface area contributed by atoms with Crippen molar-refractivity contribution in [1.29, 1.82) is 0 Å². The fourth-order valence-electron chi connectivity index (χ4n) is 2.14. The summed E-state index contributed by atoms with van der Waals surface area (Å²) in [5, 5.41) is 11.0. The number of ether oxygens (including phenoxy) is 1. The molecular weight excluding hydrogens is 298 g/mol. The van der Waals surface area contributed by atoms with Gasteiger partial charge in [-0.15, -0.1) is 0 Å². The van der Waals surface area contributed by atoms with E-state index in [1.165, 1.54) is 0 Å². The molecule has 0 aliphatic carbocycles. The molecule has 0 aromatic carbocycles. The Balaban J connectivity index is 1.94. The highest BCUT2D eigenvalue weighted by atomic mass is 16.6. The largest absolute Gasteiger partial charge is 0.444 e. The number of nitrogens with zero attached hydrogens (tertiary/aromatic N) is 4. The molecule has 23 heavy (non-hydrogen) atoms. The minimum atomic E-state index is -0.517. The first-order valence-corrected chi connectivity index (χ1v) is 7.47. The summed E-state index contributed by atoms with van der Waals surface area (Å²) in [5.41, 5.74) is 2.19. The number of aryl methyl sites for hydroxylation is 2. The second-order valence-corrected chi connectivity index (χ2v) is 6.36. The molecule has 2 rings (SSSR count). The number of rotatable bonds is 4. The molecule has 8 nitrogen and oxygen atoms in total. The third-order valence-corrected chi connectivity index (χ3v) is 3.21. The van der Waals surface area contributed by atoms with E-state index in [0.29, 0.717) is 24.7 Å². The van der Waals surface area contributed by atoms with Crippen molar-refractivity contribution in [3.05, 3.63) is 17.3 Å². The summed E-state index contributed by atoms with van der Waals surface area (Å²) in [6.07, 6.45) is -0.0267. The van der Waals surface area contributed by atoms with Crippen LogP contribution >= 0.6 is 0 Å². The highest BCUT2D eigenvalue weighted by Crippen LogP contribution is 2.23. The molecule has 0 radical (unpaired) electrons. The quantitative estimate of drug-likeness (QED) is 0.927. The average molecular weight is 321 g/mol. The lowest BCUT2D eigenvalue weighted by atomic mass is 10.2. The third-order valence-electron chi connectivity index (χ3n) is 3.21. The number of carbonyl (C=O) groups is 1. The van der Waals surface area contributed by atoms with Crippen molar-refractivity contribution < 1.29 is 14.1 Å². The maximum absolute atomic E-state index is 11.6. The fraction of sp³-hybridized carbons (Fsp3) is 0.600. The molecule has 2 aromatic heterocycles. The summed E-state index contributed by atoms with van der Waals surface area (Å²) in [4.78, 5) is 15.9. The van der Waals surface area contributed by atoms with Gasteiger partial charge in [0.1, 0.15) is 5.60 Å². The van der Waals surface area contributed by atoms with Gasteiger partial charge >= 0.3 is 6.09 Å². The molecule has 0 atom stereocenters. The summed E-state index contributed by atoms with van der Waals surface area (Å²) in [7, 11) is 1.87. The van der Waals surface area contributed by atoms with Crippen LogP contribution in [0.15, 0.2) is 4.52 Å². The van der Waals surface area contributed by atoms with Crippen LogP contribution in [0, 0.1) is 13.8 Å². The number of nitrogens with one attached hydrogen (secondary N) is 1. The minimum absolute atomic E-state index is 0.363. The van der Waals surface area contributed by atoms with Gasteiger partial charge in [-0.25, -0.2) is 4.79 Å². The summed E-state index contributed by atoms with van der Waals surface area (Å²) >= 11 is 0. The molecule has 0 aliphatic heterocycles. The van der Waals surface area contributed by atoms with E-state index in [9.17, 15) is 4.79 Å². The van der Waals surface area contributed by atoms with Crippen LogP contribution in [0.5, 0.6) is 0 Å². The lowest BCUT2D eigenvalue weighted by Gasteiger charge is -2.19. The van der Waals surface area contributed by atoms with Crippen LogP contribution in [-0.4, -0.2) is 38.2 Å². The van der Waals surface area contributed by atoms with Crippen molar-refractivity contribution in [2.75, 3.05) is 6.54 Å².